The van der Waals surface area contributed by atoms with E-state index in [4.69, 9.17) is 4.98 Å². The zero-order valence-electron chi connectivity index (χ0n) is 17.4. The molecule has 0 atom stereocenters. The molecule has 3 heteroatoms. The van der Waals surface area contributed by atoms with Crippen LogP contribution in [0.5, 0.6) is 0 Å². The maximum absolute atomic E-state index is 4.86. The highest BCUT2D eigenvalue weighted by molar-refractivity contribution is 5.95. The monoisotopic (exact) mass is 375 g/mol. The topological polar surface area (TPSA) is 31.9 Å². The van der Waals surface area contributed by atoms with Crippen LogP contribution in [-0.4, -0.2) is 34.0 Å². The molecular formula is C25H33N3. The zero-order valence-corrected chi connectivity index (χ0v) is 17.4. The van der Waals surface area contributed by atoms with E-state index < -0.39 is 0 Å². The van der Waals surface area contributed by atoms with Crippen molar-refractivity contribution in [1.82, 2.24) is 14.9 Å². The number of nitrogens with zero attached hydrogens (tertiary/aromatic N) is 2. The summed E-state index contributed by atoms with van der Waals surface area (Å²) in [6, 6.07) is 15.9. The number of hydrogen-bond acceptors (Lipinski definition) is 2. The van der Waals surface area contributed by atoms with Crippen LogP contribution >= 0.6 is 0 Å². The maximum atomic E-state index is 4.86. The highest BCUT2D eigenvalue weighted by atomic mass is 15.2. The molecule has 1 N–H and O–H groups in total. The molecule has 1 aliphatic rings. The summed E-state index contributed by atoms with van der Waals surface area (Å²) in [6.45, 7) is 6.95. The SMILES string of the molecule is CCCN(CCCCc1[nH]c(-c2cccc3ccccc23)nc1C)C1CCC1. The fourth-order valence-electron chi connectivity index (χ4n) is 4.43. The lowest BCUT2D eigenvalue weighted by atomic mass is 9.91. The van der Waals surface area contributed by atoms with E-state index in [1.54, 1.807) is 0 Å². The van der Waals surface area contributed by atoms with E-state index in [-0.39, 0.29) is 0 Å². The van der Waals surface area contributed by atoms with Gasteiger partial charge in [0.05, 0.1) is 5.69 Å². The Morgan fingerprint density at radius 3 is 2.64 bits per heavy atom. The van der Waals surface area contributed by atoms with E-state index in [0.717, 1.165) is 24.0 Å². The molecule has 1 saturated carbocycles. The molecule has 0 radical (unpaired) electrons. The first kappa shape index (κ1) is 19.2. The van der Waals surface area contributed by atoms with Gasteiger partial charge in [0, 0.05) is 17.3 Å². The molecule has 4 rings (SSSR count). The van der Waals surface area contributed by atoms with Crippen LogP contribution < -0.4 is 0 Å². The standard InChI is InChI=1S/C25H33N3/c1-3-17-28(21-12-9-13-21)18-7-6-16-24-19(2)26-25(27-24)23-15-8-11-20-10-4-5-14-22(20)23/h4-5,8,10-11,14-15,21H,3,6-7,9,12-13,16-18H2,1-2H3,(H,26,27). The molecule has 148 valence electrons. The van der Waals surface area contributed by atoms with E-state index in [2.05, 4.69) is 66.2 Å². The number of imidazole rings is 1. The largest absolute Gasteiger partial charge is 0.342 e. The molecule has 3 aromatic rings. The van der Waals surface area contributed by atoms with Crippen LogP contribution in [0.25, 0.3) is 22.2 Å². The van der Waals surface area contributed by atoms with E-state index in [1.807, 2.05) is 0 Å². The maximum Gasteiger partial charge on any atom is 0.138 e. The summed E-state index contributed by atoms with van der Waals surface area (Å²) in [5, 5.41) is 2.53. The number of aryl methyl sites for hydroxylation is 2. The number of unbranched alkanes of at least 4 members (excludes halogenated alkanes) is 1. The summed E-state index contributed by atoms with van der Waals surface area (Å²) in [6.07, 6.45) is 9.11. The quantitative estimate of drug-likeness (QED) is 0.457. The molecule has 1 heterocycles. The molecular weight excluding hydrogens is 342 g/mol. The molecule has 28 heavy (non-hydrogen) atoms. The van der Waals surface area contributed by atoms with Gasteiger partial charge in [0.25, 0.3) is 0 Å². The molecule has 0 spiro atoms. The first-order valence-corrected chi connectivity index (χ1v) is 11.0. The summed E-state index contributed by atoms with van der Waals surface area (Å²) < 4.78 is 0. The highest BCUT2D eigenvalue weighted by Gasteiger charge is 2.23. The molecule has 1 aliphatic carbocycles. The third-order valence-corrected chi connectivity index (χ3v) is 6.25. The summed E-state index contributed by atoms with van der Waals surface area (Å²) >= 11 is 0. The van der Waals surface area contributed by atoms with Crippen LogP contribution in [0, 0.1) is 6.92 Å². The number of fused-ring (bicyclic) bond motifs is 1. The molecule has 1 aromatic heterocycles. The van der Waals surface area contributed by atoms with Crippen molar-refractivity contribution in [3.63, 3.8) is 0 Å². The number of benzene rings is 2. The number of H-pyrrole nitrogens is 1. The Labute approximate surface area is 169 Å². The van der Waals surface area contributed by atoms with E-state index >= 15 is 0 Å². The summed E-state index contributed by atoms with van der Waals surface area (Å²) in [4.78, 5) is 11.2. The summed E-state index contributed by atoms with van der Waals surface area (Å²) in [5.41, 5.74) is 3.65. The fraction of sp³-hybridized carbons (Fsp3) is 0.480. The highest BCUT2D eigenvalue weighted by Crippen LogP contribution is 2.28. The molecule has 0 unspecified atom stereocenters. The molecule has 0 saturated heterocycles. The van der Waals surface area contributed by atoms with Gasteiger partial charge in [-0.05, 0) is 69.3 Å². The predicted molar refractivity (Wildman–Crippen MR) is 119 cm³/mol. The van der Waals surface area contributed by atoms with Crippen LogP contribution in [-0.2, 0) is 6.42 Å². The Morgan fingerprint density at radius 1 is 1.04 bits per heavy atom. The van der Waals surface area contributed by atoms with Crippen molar-refractivity contribution >= 4 is 10.8 Å². The molecule has 1 fully saturated rings. The lowest BCUT2D eigenvalue weighted by Gasteiger charge is -2.37. The minimum atomic E-state index is 0.867. The van der Waals surface area contributed by atoms with Gasteiger partial charge >= 0.3 is 0 Å². The average Bonchev–Trinajstić information content (AvgIpc) is 3.04. The van der Waals surface area contributed by atoms with Crippen LogP contribution in [0.1, 0.15) is 56.8 Å². The van der Waals surface area contributed by atoms with Crippen LogP contribution in [0.3, 0.4) is 0 Å². The summed E-state index contributed by atoms with van der Waals surface area (Å²) in [7, 11) is 0. The average molecular weight is 376 g/mol. The first-order valence-electron chi connectivity index (χ1n) is 11.0. The van der Waals surface area contributed by atoms with Crippen LogP contribution in [0.4, 0.5) is 0 Å². The third-order valence-electron chi connectivity index (χ3n) is 6.25. The molecule has 2 aromatic carbocycles. The van der Waals surface area contributed by atoms with Crippen molar-refractivity contribution in [2.24, 2.45) is 0 Å². The van der Waals surface area contributed by atoms with Crippen molar-refractivity contribution in [2.45, 2.75) is 64.8 Å². The zero-order chi connectivity index (χ0) is 19.3. The van der Waals surface area contributed by atoms with Gasteiger partial charge in [0.1, 0.15) is 5.82 Å². The summed E-state index contributed by atoms with van der Waals surface area (Å²) in [5.74, 6) is 1.01. The van der Waals surface area contributed by atoms with Gasteiger partial charge in [-0.15, -0.1) is 0 Å². The Bertz CT molecular complexity index is 902. The molecule has 0 aliphatic heterocycles. The van der Waals surface area contributed by atoms with Gasteiger partial charge in [0.2, 0.25) is 0 Å². The Balaban J connectivity index is 1.39. The van der Waals surface area contributed by atoms with Gasteiger partial charge in [0.15, 0.2) is 0 Å². The molecule has 0 amide bonds. The van der Waals surface area contributed by atoms with Crippen molar-refractivity contribution in [3.8, 4) is 11.4 Å². The smallest absolute Gasteiger partial charge is 0.138 e. The Morgan fingerprint density at radius 2 is 1.86 bits per heavy atom. The van der Waals surface area contributed by atoms with Crippen molar-refractivity contribution < 1.29 is 0 Å². The van der Waals surface area contributed by atoms with Crippen molar-refractivity contribution in [2.75, 3.05) is 13.1 Å². The number of nitrogens with one attached hydrogen (secondary N) is 1. The Kier molecular flexibility index (Phi) is 6.11. The lowest BCUT2D eigenvalue weighted by molar-refractivity contribution is 0.125. The predicted octanol–water partition coefficient (Wildman–Crippen LogP) is 6.13. The first-order chi connectivity index (χ1) is 13.8. The normalized spacial score (nSPS) is 14.7. The number of aromatic amines is 1. The van der Waals surface area contributed by atoms with Gasteiger partial charge in [-0.2, -0.15) is 0 Å². The number of aromatic nitrogens is 2. The van der Waals surface area contributed by atoms with E-state index in [9.17, 15) is 0 Å². The Hall–Kier alpha value is -2.13. The number of rotatable bonds is 9. The minimum absolute atomic E-state index is 0.867. The minimum Gasteiger partial charge on any atom is -0.342 e. The fourth-order valence-corrected chi connectivity index (χ4v) is 4.43. The van der Waals surface area contributed by atoms with Crippen LogP contribution in [0.2, 0.25) is 0 Å². The second-order valence-corrected chi connectivity index (χ2v) is 8.25. The number of hydrogen-bond donors (Lipinski definition) is 1. The lowest BCUT2D eigenvalue weighted by Crippen LogP contribution is -2.41. The molecule has 3 nitrogen and oxygen atoms in total. The van der Waals surface area contributed by atoms with E-state index in [0.29, 0.717) is 0 Å². The third kappa shape index (κ3) is 4.15. The van der Waals surface area contributed by atoms with Gasteiger partial charge in [-0.3, -0.25) is 0 Å². The second-order valence-electron chi connectivity index (χ2n) is 8.25. The second kappa shape index (κ2) is 8.91. The van der Waals surface area contributed by atoms with Crippen molar-refractivity contribution in [3.05, 3.63) is 53.9 Å². The van der Waals surface area contributed by atoms with Gasteiger partial charge in [-0.1, -0.05) is 55.8 Å². The van der Waals surface area contributed by atoms with Crippen LogP contribution in [0.15, 0.2) is 42.5 Å². The van der Waals surface area contributed by atoms with Gasteiger partial charge in [-0.25, -0.2) is 4.98 Å². The van der Waals surface area contributed by atoms with E-state index in [1.165, 1.54) is 73.6 Å². The molecule has 0 bridgehead atoms. The van der Waals surface area contributed by atoms with Crippen molar-refractivity contribution in [1.29, 1.82) is 0 Å². The van der Waals surface area contributed by atoms with Gasteiger partial charge < -0.3 is 9.88 Å².